The zero-order valence-electron chi connectivity index (χ0n) is 33.7. The number of fused-ring (bicyclic) bond motifs is 1. The molecule has 2 fully saturated rings. The minimum Gasteiger partial charge on any atom is -0.496 e. The van der Waals surface area contributed by atoms with Crippen molar-refractivity contribution in [2.24, 2.45) is 11.1 Å². The van der Waals surface area contributed by atoms with Gasteiger partial charge in [0.25, 0.3) is 5.91 Å². The van der Waals surface area contributed by atoms with E-state index in [1.165, 1.54) is 18.2 Å². The normalized spacial score (nSPS) is 18.1. The molecule has 0 aliphatic carbocycles. The fourth-order valence-corrected chi connectivity index (χ4v) is 7.96. The van der Waals surface area contributed by atoms with Crippen molar-refractivity contribution in [1.29, 1.82) is 0 Å². The first-order valence-electron chi connectivity index (χ1n) is 19.4. The van der Waals surface area contributed by atoms with Gasteiger partial charge in [0.15, 0.2) is 0 Å². The number of nitrogens with zero attached hydrogens (tertiary/aromatic N) is 3. The zero-order chi connectivity index (χ0) is 42.4. The van der Waals surface area contributed by atoms with E-state index in [9.17, 15) is 29.1 Å². The highest BCUT2D eigenvalue weighted by atomic mass is 32.1. The van der Waals surface area contributed by atoms with Crippen molar-refractivity contribution in [3.8, 4) is 33.9 Å². The number of thiazole rings is 1. The summed E-state index contributed by atoms with van der Waals surface area (Å²) in [6, 6.07) is 8.91. The Labute approximate surface area is 346 Å². The molecule has 2 aromatic carbocycles. The van der Waals surface area contributed by atoms with Gasteiger partial charge in [-0.2, -0.15) is 0 Å². The summed E-state index contributed by atoms with van der Waals surface area (Å²) in [4.78, 5) is 76.0. The van der Waals surface area contributed by atoms with E-state index in [1.54, 1.807) is 29.0 Å². The molecule has 2 aliphatic rings. The monoisotopic (exact) mass is 823 g/mol. The maximum absolute atomic E-state index is 14.1. The zero-order valence-corrected chi connectivity index (χ0v) is 34.5. The van der Waals surface area contributed by atoms with Crippen LogP contribution in [0.3, 0.4) is 0 Å². The molecule has 0 radical (unpaired) electrons. The third-order valence-electron chi connectivity index (χ3n) is 10.4. The quantitative estimate of drug-likeness (QED) is 0.124. The largest absolute Gasteiger partial charge is 0.496 e. The number of nitrogens with one attached hydrogen (secondary N) is 3. The molecule has 4 atom stereocenters. The molecule has 0 saturated carbocycles. The summed E-state index contributed by atoms with van der Waals surface area (Å²) in [5.41, 5.74) is 10.2. The molecule has 16 heteroatoms. The number of aliphatic hydroxyl groups excluding tert-OH is 1. The number of rotatable bonds is 13. The molecule has 0 unspecified atom stereocenters. The number of β-amino-alcohol motifs (C(OH)–C–C–N with tert-alkyl or cyclic N) is 1. The van der Waals surface area contributed by atoms with Crippen LogP contribution in [-0.2, 0) is 25.7 Å². The van der Waals surface area contributed by atoms with Crippen LogP contribution in [-0.4, -0.2) is 94.0 Å². The van der Waals surface area contributed by atoms with E-state index in [4.69, 9.17) is 15.2 Å². The second-order valence-electron chi connectivity index (χ2n) is 15.8. The number of carbonyl (C=O) groups excluding carboxylic acids is 5. The molecule has 0 spiro atoms. The van der Waals surface area contributed by atoms with Gasteiger partial charge in [0.2, 0.25) is 29.5 Å². The predicted molar refractivity (Wildman–Crippen MR) is 221 cm³/mol. The van der Waals surface area contributed by atoms with E-state index >= 15 is 0 Å². The fraction of sp³-hybridized carbons (Fsp3) is 0.419. The number of carbonyl (C=O) groups is 5. The molecule has 4 heterocycles. The molecule has 6 rings (SSSR count). The van der Waals surface area contributed by atoms with E-state index in [1.807, 2.05) is 52.0 Å². The molecule has 310 valence electrons. The average molecular weight is 824 g/mol. The number of hydrogen-bond donors (Lipinski definition) is 5. The van der Waals surface area contributed by atoms with Crippen molar-refractivity contribution < 1.29 is 38.6 Å². The number of amides is 5. The van der Waals surface area contributed by atoms with Crippen molar-refractivity contribution in [3.63, 3.8) is 0 Å². The molecular formula is C43H49N7O8S. The number of pyridine rings is 1. The van der Waals surface area contributed by atoms with Gasteiger partial charge in [-0.15, -0.1) is 11.3 Å². The third-order valence-corrected chi connectivity index (χ3v) is 11.3. The van der Waals surface area contributed by atoms with Crippen LogP contribution in [0, 0.1) is 24.2 Å². The van der Waals surface area contributed by atoms with E-state index in [0.29, 0.717) is 29.2 Å². The first-order chi connectivity index (χ1) is 28.1. The van der Waals surface area contributed by atoms with Crippen molar-refractivity contribution in [1.82, 2.24) is 30.8 Å². The van der Waals surface area contributed by atoms with Crippen LogP contribution in [0.4, 0.5) is 0 Å². The van der Waals surface area contributed by atoms with Crippen LogP contribution in [0.25, 0.3) is 21.2 Å². The maximum Gasteiger partial charge on any atom is 0.252 e. The number of benzene rings is 2. The SMILES string of the molecule is COc1cc2c(OC[C@@H]3CCC(=O)N3)ncc(C#CCCC(=O)N[C@H](C(=O)N3C[C@H](O)C[C@H]3C(=O)NCc3ccc(-c4scnc4C)cc3)C(C)(C)C)c2cc1C(N)=O. The van der Waals surface area contributed by atoms with Crippen LogP contribution in [0.2, 0.25) is 0 Å². The van der Waals surface area contributed by atoms with Crippen molar-refractivity contribution in [2.45, 2.75) is 90.6 Å². The Bertz CT molecular complexity index is 2310. The lowest BCUT2D eigenvalue weighted by Gasteiger charge is -2.35. The number of aryl methyl sites for hydroxylation is 1. The molecule has 6 N–H and O–H groups in total. The highest BCUT2D eigenvalue weighted by Gasteiger charge is 2.44. The van der Waals surface area contributed by atoms with Crippen LogP contribution in [0.15, 0.2) is 48.1 Å². The Morgan fingerprint density at radius 2 is 1.90 bits per heavy atom. The number of nitrogens with two attached hydrogens (primary N) is 1. The lowest BCUT2D eigenvalue weighted by atomic mass is 9.85. The molecule has 59 heavy (non-hydrogen) atoms. The lowest BCUT2D eigenvalue weighted by molar-refractivity contribution is -0.144. The van der Waals surface area contributed by atoms with Gasteiger partial charge in [-0.25, -0.2) is 9.97 Å². The average Bonchev–Trinajstić information content (AvgIpc) is 3.95. The second-order valence-corrected chi connectivity index (χ2v) is 16.7. The minimum absolute atomic E-state index is 0.0407. The van der Waals surface area contributed by atoms with Gasteiger partial charge in [0, 0.05) is 55.7 Å². The van der Waals surface area contributed by atoms with Gasteiger partial charge in [-0.1, -0.05) is 56.9 Å². The fourth-order valence-electron chi connectivity index (χ4n) is 7.15. The summed E-state index contributed by atoms with van der Waals surface area (Å²) in [6.45, 7) is 7.81. The topological polar surface area (TPSA) is 215 Å². The minimum atomic E-state index is -0.994. The van der Waals surface area contributed by atoms with Crippen LogP contribution in [0.5, 0.6) is 11.6 Å². The molecule has 2 saturated heterocycles. The Balaban J connectivity index is 1.10. The van der Waals surface area contributed by atoms with Gasteiger partial charge >= 0.3 is 0 Å². The third kappa shape index (κ3) is 10.2. The summed E-state index contributed by atoms with van der Waals surface area (Å²) >= 11 is 1.56. The highest BCUT2D eigenvalue weighted by molar-refractivity contribution is 7.13. The number of aliphatic hydroxyl groups is 1. The van der Waals surface area contributed by atoms with Gasteiger partial charge in [0.1, 0.15) is 24.4 Å². The number of likely N-dealkylation sites (tertiary alicyclic amines) is 1. The molecule has 4 aromatic rings. The number of primary amides is 1. The van der Waals surface area contributed by atoms with Gasteiger partial charge in [0.05, 0.1) is 46.5 Å². The summed E-state index contributed by atoms with van der Waals surface area (Å²) in [6.07, 6.45) is 1.82. The van der Waals surface area contributed by atoms with Crippen LogP contribution >= 0.6 is 11.3 Å². The van der Waals surface area contributed by atoms with Crippen LogP contribution < -0.4 is 31.2 Å². The molecule has 5 amide bonds. The van der Waals surface area contributed by atoms with Gasteiger partial charge in [-0.3, -0.25) is 24.0 Å². The molecular weight excluding hydrogens is 775 g/mol. The lowest BCUT2D eigenvalue weighted by Crippen LogP contribution is -2.57. The van der Waals surface area contributed by atoms with E-state index < -0.39 is 47.2 Å². The number of methoxy groups -OCH3 is 1. The number of hydrogen-bond acceptors (Lipinski definition) is 11. The summed E-state index contributed by atoms with van der Waals surface area (Å²) in [5, 5.41) is 20.3. The molecule has 15 nitrogen and oxygen atoms in total. The summed E-state index contributed by atoms with van der Waals surface area (Å²) < 4.78 is 11.4. The Hall–Kier alpha value is -6.05. The van der Waals surface area contributed by atoms with Gasteiger partial charge in [-0.05, 0) is 42.0 Å². The van der Waals surface area contributed by atoms with Crippen LogP contribution in [0.1, 0.15) is 80.1 Å². The summed E-state index contributed by atoms with van der Waals surface area (Å²) in [7, 11) is 1.42. The predicted octanol–water partition coefficient (Wildman–Crippen LogP) is 3.37. The van der Waals surface area contributed by atoms with Crippen molar-refractivity contribution >= 4 is 51.6 Å². The maximum atomic E-state index is 14.1. The second kappa shape index (κ2) is 18.3. The number of ether oxygens (including phenoxy) is 2. The molecule has 2 aliphatic heterocycles. The first kappa shape index (κ1) is 42.6. The van der Waals surface area contributed by atoms with Gasteiger partial charge < -0.3 is 41.2 Å². The Morgan fingerprint density at radius 3 is 2.54 bits per heavy atom. The number of aromatic nitrogens is 2. The smallest absolute Gasteiger partial charge is 0.252 e. The first-order valence-corrected chi connectivity index (χ1v) is 20.3. The molecule has 2 aromatic heterocycles. The Kier molecular flexibility index (Phi) is 13.2. The van der Waals surface area contributed by atoms with E-state index in [2.05, 4.69) is 37.8 Å². The Morgan fingerprint density at radius 1 is 1.14 bits per heavy atom. The standard InChI is InChI=1S/C43H49N7O8S/c1-24-37(59-23-47-24)26-12-10-25(11-13-26)19-45-40(55)33-16-29(51)21-50(33)42(56)38(43(2,3)4)49-35(52)9-7-6-8-27-20-46-41(58-22-28-14-15-36(53)48-28)31-18-34(57-5)32(39(44)54)17-30(27)31/h10-13,17-18,20,23,28-29,33,38,51H,7,9,14-16,19,21-22H2,1-5H3,(H2,44,54)(H,45,55)(H,48,53)(H,49,52)/t28-,29+,33-,38+/m0/s1. The summed E-state index contributed by atoms with van der Waals surface area (Å²) in [5.74, 6) is 4.51. The highest BCUT2D eigenvalue weighted by Crippen LogP contribution is 2.33. The van der Waals surface area contributed by atoms with E-state index in [-0.39, 0.29) is 68.1 Å². The molecule has 0 bridgehead atoms. The van der Waals surface area contributed by atoms with Crippen molar-refractivity contribution in [2.75, 3.05) is 20.3 Å². The van der Waals surface area contributed by atoms with E-state index in [0.717, 1.165) is 21.7 Å². The van der Waals surface area contributed by atoms with Crippen molar-refractivity contribution in [3.05, 3.63) is 70.5 Å².